The highest BCUT2D eigenvalue weighted by molar-refractivity contribution is 7.89. The minimum Gasteiger partial charge on any atom is -0.457 e. The lowest BCUT2D eigenvalue weighted by Crippen LogP contribution is -2.32. The second-order valence-electron chi connectivity index (χ2n) is 6.49. The molecule has 9 nitrogen and oxygen atoms in total. The summed E-state index contributed by atoms with van der Waals surface area (Å²) in [5.41, 5.74) is -0.336. The van der Waals surface area contributed by atoms with E-state index in [1.54, 1.807) is 36.7 Å². The largest absolute Gasteiger partial charge is 0.457 e. The quantitative estimate of drug-likeness (QED) is 0.453. The number of hydrogen-bond acceptors (Lipinski definition) is 6. The van der Waals surface area contributed by atoms with Crippen molar-refractivity contribution in [3.05, 3.63) is 95.5 Å². The molecular weight excluding hydrogens is 418 g/mol. The average molecular weight is 437 g/mol. The first-order valence-corrected chi connectivity index (χ1v) is 10.9. The van der Waals surface area contributed by atoms with Crippen LogP contribution in [0.3, 0.4) is 0 Å². The maximum atomic E-state index is 12.6. The van der Waals surface area contributed by atoms with Crippen LogP contribution in [0.15, 0.2) is 94.9 Å². The van der Waals surface area contributed by atoms with E-state index in [4.69, 9.17) is 4.74 Å². The number of nitrogens with zero attached hydrogens (tertiary/aromatic N) is 4. The molecule has 4 aromatic rings. The van der Waals surface area contributed by atoms with E-state index < -0.39 is 10.0 Å². The molecule has 1 N–H and O–H groups in total. The van der Waals surface area contributed by atoms with Crippen molar-refractivity contribution >= 4 is 10.0 Å². The van der Waals surface area contributed by atoms with Crippen molar-refractivity contribution in [2.24, 2.45) is 0 Å². The predicted octanol–water partition coefficient (Wildman–Crippen LogP) is 2.20. The van der Waals surface area contributed by atoms with Crippen molar-refractivity contribution in [1.29, 1.82) is 0 Å². The summed E-state index contributed by atoms with van der Waals surface area (Å²) in [6.45, 7) is 0.0719. The summed E-state index contributed by atoms with van der Waals surface area (Å²) < 4.78 is 36.0. The normalized spacial score (nSPS) is 11.4. The van der Waals surface area contributed by atoms with Crippen LogP contribution in [0.25, 0.3) is 5.82 Å². The summed E-state index contributed by atoms with van der Waals surface area (Å²) in [4.78, 5) is 12.1. The zero-order valence-corrected chi connectivity index (χ0v) is 17.1. The fourth-order valence-electron chi connectivity index (χ4n) is 2.81. The molecule has 0 radical (unpaired) electrons. The molecule has 2 aromatic carbocycles. The monoisotopic (exact) mass is 437 g/mol. The number of ether oxygens (including phenoxy) is 1. The van der Waals surface area contributed by atoms with E-state index in [0.29, 0.717) is 17.3 Å². The fourth-order valence-corrected chi connectivity index (χ4v) is 3.83. The van der Waals surface area contributed by atoms with Gasteiger partial charge in [0.1, 0.15) is 11.5 Å². The highest BCUT2D eigenvalue weighted by Gasteiger charge is 2.14. The van der Waals surface area contributed by atoms with E-state index in [1.807, 2.05) is 30.3 Å². The van der Waals surface area contributed by atoms with Crippen molar-refractivity contribution in [1.82, 2.24) is 24.3 Å². The Hall–Kier alpha value is -3.76. The van der Waals surface area contributed by atoms with Gasteiger partial charge in [-0.1, -0.05) is 18.2 Å². The van der Waals surface area contributed by atoms with Crippen molar-refractivity contribution in [3.8, 4) is 17.3 Å². The number of nitrogens with one attached hydrogen (secondary N) is 1. The van der Waals surface area contributed by atoms with Gasteiger partial charge in [-0.15, -0.1) is 5.10 Å². The maximum absolute atomic E-state index is 12.6. The Morgan fingerprint density at radius 3 is 2.35 bits per heavy atom. The first-order chi connectivity index (χ1) is 15.0. The van der Waals surface area contributed by atoms with E-state index >= 15 is 0 Å². The number of sulfonamides is 1. The van der Waals surface area contributed by atoms with Crippen molar-refractivity contribution in [2.45, 2.75) is 11.4 Å². The number of aromatic nitrogens is 4. The molecule has 2 heterocycles. The molecule has 4 rings (SSSR count). The topological polar surface area (TPSA) is 108 Å². The Morgan fingerprint density at radius 1 is 0.903 bits per heavy atom. The predicted molar refractivity (Wildman–Crippen MR) is 114 cm³/mol. The number of rotatable bonds is 8. The lowest BCUT2D eigenvalue weighted by molar-refractivity contribution is 0.482. The molecule has 0 aliphatic rings. The Labute approximate surface area is 178 Å². The third-order valence-corrected chi connectivity index (χ3v) is 5.80. The van der Waals surface area contributed by atoms with Gasteiger partial charge >= 0.3 is 0 Å². The van der Waals surface area contributed by atoms with Crippen LogP contribution >= 0.6 is 0 Å². The van der Waals surface area contributed by atoms with Crippen LogP contribution in [0.4, 0.5) is 0 Å². The second-order valence-corrected chi connectivity index (χ2v) is 8.25. The Balaban J connectivity index is 1.39. The number of hydrogen-bond donors (Lipinski definition) is 1. The van der Waals surface area contributed by atoms with Gasteiger partial charge in [-0.2, -0.15) is 5.10 Å². The fraction of sp³-hybridized carbons (Fsp3) is 0.0952. The van der Waals surface area contributed by atoms with Crippen molar-refractivity contribution in [2.75, 3.05) is 6.54 Å². The van der Waals surface area contributed by atoms with Gasteiger partial charge in [-0.05, 0) is 48.5 Å². The highest BCUT2D eigenvalue weighted by atomic mass is 32.2. The second kappa shape index (κ2) is 8.94. The van der Waals surface area contributed by atoms with Gasteiger partial charge in [-0.25, -0.2) is 22.5 Å². The SMILES string of the molecule is O=c1ccc(-n2cccn2)nn1CCNS(=O)(=O)c1ccc(Oc2ccccc2)cc1. The summed E-state index contributed by atoms with van der Waals surface area (Å²) in [6, 6.07) is 19.9. The Kier molecular flexibility index (Phi) is 5.92. The highest BCUT2D eigenvalue weighted by Crippen LogP contribution is 2.22. The van der Waals surface area contributed by atoms with Gasteiger partial charge in [0.15, 0.2) is 5.82 Å². The third kappa shape index (κ3) is 5.05. The maximum Gasteiger partial charge on any atom is 0.266 e. The number of benzene rings is 2. The van der Waals surface area contributed by atoms with Crippen LogP contribution < -0.4 is 15.0 Å². The Morgan fingerprint density at radius 2 is 1.65 bits per heavy atom. The van der Waals surface area contributed by atoms with Crippen molar-refractivity contribution in [3.63, 3.8) is 0 Å². The van der Waals surface area contributed by atoms with Gasteiger partial charge in [0.05, 0.1) is 11.4 Å². The molecule has 31 heavy (non-hydrogen) atoms. The van der Waals surface area contributed by atoms with E-state index in [-0.39, 0.29) is 23.5 Å². The van der Waals surface area contributed by atoms with Gasteiger partial charge < -0.3 is 4.74 Å². The zero-order valence-electron chi connectivity index (χ0n) is 16.3. The molecule has 0 fully saturated rings. The van der Waals surface area contributed by atoms with E-state index in [1.165, 1.54) is 27.6 Å². The molecule has 0 amide bonds. The number of para-hydroxylation sites is 1. The minimum absolute atomic E-state index is 0.0000667. The molecule has 0 aliphatic heterocycles. The third-order valence-electron chi connectivity index (χ3n) is 4.32. The first kappa shape index (κ1) is 20.5. The summed E-state index contributed by atoms with van der Waals surface area (Å²) >= 11 is 0. The van der Waals surface area contributed by atoms with Gasteiger partial charge in [-0.3, -0.25) is 4.79 Å². The molecule has 10 heteroatoms. The lowest BCUT2D eigenvalue weighted by atomic mass is 10.3. The molecule has 0 atom stereocenters. The average Bonchev–Trinajstić information content (AvgIpc) is 3.31. The van der Waals surface area contributed by atoms with E-state index in [2.05, 4.69) is 14.9 Å². The molecule has 158 valence electrons. The van der Waals surface area contributed by atoms with Crippen LogP contribution in [0, 0.1) is 0 Å². The molecule has 0 saturated heterocycles. The molecule has 0 saturated carbocycles. The summed E-state index contributed by atoms with van der Waals surface area (Å²) in [7, 11) is -3.75. The molecule has 0 spiro atoms. The Bertz CT molecular complexity index is 1300. The summed E-state index contributed by atoms with van der Waals surface area (Å²) in [6.07, 6.45) is 3.30. The van der Waals surface area contributed by atoms with Crippen LogP contribution in [-0.2, 0) is 16.6 Å². The minimum atomic E-state index is -3.75. The van der Waals surface area contributed by atoms with Crippen LogP contribution in [0.5, 0.6) is 11.5 Å². The van der Waals surface area contributed by atoms with Gasteiger partial charge in [0.2, 0.25) is 10.0 Å². The summed E-state index contributed by atoms with van der Waals surface area (Å²) in [5, 5.41) is 8.28. The van der Waals surface area contributed by atoms with Crippen LogP contribution in [-0.4, -0.2) is 34.5 Å². The smallest absolute Gasteiger partial charge is 0.266 e. The first-order valence-electron chi connectivity index (χ1n) is 9.42. The zero-order chi connectivity index (χ0) is 21.7. The molecule has 2 aromatic heterocycles. The lowest BCUT2D eigenvalue weighted by Gasteiger charge is -2.10. The van der Waals surface area contributed by atoms with E-state index in [0.717, 1.165) is 0 Å². The molecule has 0 bridgehead atoms. The summed E-state index contributed by atoms with van der Waals surface area (Å²) in [5.74, 6) is 1.64. The van der Waals surface area contributed by atoms with Crippen LogP contribution in [0.2, 0.25) is 0 Å². The van der Waals surface area contributed by atoms with E-state index in [9.17, 15) is 13.2 Å². The van der Waals surface area contributed by atoms with Gasteiger partial charge in [0, 0.05) is 25.0 Å². The van der Waals surface area contributed by atoms with Crippen LogP contribution in [0.1, 0.15) is 0 Å². The standard InChI is InChI=1S/C21H19N5O4S/c27-21-12-11-20(25-15-4-13-22-25)24-26(21)16-14-23-31(28,29)19-9-7-18(8-10-19)30-17-5-2-1-3-6-17/h1-13,15,23H,14,16H2. The molecular formula is C21H19N5O4S. The molecule has 0 aliphatic carbocycles. The molecule has 0 unspecified atom stereocenters. The van der Waals surface area contributed by atoms with Crippen molar-refractivity contribution < 1.29 is 13.2 Å². The van der Waals surface area contributed by atoms with Gasteiger partial charge in [0.25, 0.3) is 5.56 Å².